The molecule has 1 aromatic rings. The second kappa shape index (κ2) is 7.14. The highest BCUT2D eigenvalue weighted by molar-refractivity contribution is 5.73. The summed E-state index contributed by atoms with van der Waals surface area (Å²) in [6.07, 6.45) is 0.593. The zero-order chi connectivity index (χ0) is 14.4. The molecule has 0 aromatic heterocycles. The Kier molecular flexibility index (Phi) is 5.83. The van der Waals surface area contributed by atoms with Crippen molar-refractivity contribution >= 4 is 5.97 Å². The molecule has 0 spiro atoms. The lowest BCUT2D eigenvalue weighted by atomic mass is 10.1. The average molecular weight is 265 g/mol. The summed E-state index contributed by atoms with van der Waals surface area (Å²) in [5.41, 5.74) is 2.33. The third-order valence-corrected chi connectivity index (χ3v) is 3.11. The van der Waals surface area contributed by atoms with Crippen molar-refractivity contribution in [2.24, 2.45) is 0 Å². The van der Waals surface area contributed by atoms with Crippen molar-refractivity contribution in [2.75, 3.05) is 20.2 Å². The molecule has 1 atom stereocenters. The normalized spacial score (nSPS) is 12.5. The molecule has 0 bridgehead atoms. The van der Waals surface area contributed by atoms with Crippen LogP contribution in [0.4, 0.5) is 0 Å². The van der Waals surface area contributed by atoms with Crippen molar-refractivity contribution in [3.05, 3.63) is 29.3 Å². The Hall–Kier alpha value is -1.55. The molecule has 0 saturated heterocycles. The molecule has 0 heterocycles. The number of carboxylic acid groups (broad SMARTS) is 1. The number of ether oxygens (including phenoxy) is 1. The Morgan fingerprint density at radius 2 is 1.89 bits per heavy atom. The average Bonchev–Trinajstić information content (AvgIpc) is 2.27. The van der Waals surface area contributed by atoms with E-state index in [0.717, 1.165) is 5.75 Å². The molecule has 0 fully saturated rings. The predicted molar refractivity (Wildman–Crippen MR) is 75.8 cm³/mol. The minimum atomic E-state index is -0.781. The van der Waals surface area contributed by atoms with Gasteiger partial charge in [0.1, 0.15) is 18.4 Å². The van der Waals surface area contributed by atoms with Gasteiger partial charge in [0, 0.05) is 6.54 Å². The Morgan fingerprint density at radius 3 is 2.37 bits per heavy atom. The van der Waals surface area contributed by atoms with Crippen molar-refractivity contribution in [2.45, 2.75) is 33.2 Å². The molecule has 0 amide bonds. The summed E-state index contributed by atoms with van der Waals surface area (Å²) in [6, 6.07) is 5.63. The summed E-state index contributed by atoms with van der Waals surface area (Å²) in [6.45, 7) is 7.02. The van der Waals surface area contributed by atoms with Crippen molar-refractivity contribution in [3.63, 3.8) is 0 Å². The van der Waals surface area contributed by atoms with Crippen LogP contribution in [-0.2, 0) is 4.79 Å². The molecule has 0 aliphatic carbocycles. The first kappa shape index (κ1) is 15.5. The molecule has 1 aromatic carbocycles. The fourth-order valence-electron chi connectivity index (χ4n) is 2.15. The molecule has 4 nitrogen and oxygen atoms in total. The summed E-state index contributed by atoms with van der Waals surface area (Å²) < 4.78 is 5.68. The van der Waals surface area contributed by atoms with E-state index in [-0.39, 0.29) is 0 Å². The first-order chi connectivity index (χ1) is 8.93. The van der Waals surface area contributed by atoms with Crippen molar-refractivity contribution in [1.82, 2.24) is 4.90 Å². The fourth-order valence-corrected chi connectivity index (χ4v) is 2.15. The van der Waals surface area contributed by atoms with Gasteiger partial charge in [0.2, 0.25) is 0 Å². The second-order valence-corrected chi connectivity index (χ2v) is 4.91. The number of benzene rings is 1. The third-order valence-electron chi connectivity index (χ3n) is 3.11. The molecule has 4 heteroatoms. The van der Waals surface area contributed by atoms with E-state index in [0.29, 0.717) is 19.6 Å². The molecular formula is C15H23NO3. The van der Waals surface area contributed by atoms with Crippen LogP contribution in [0, 0.1) is 13.8 Å². The van der Waals surface area contributed by atoms with E-state index in [1.807, 2.05) is 44.9 Å². The van der Waals surface area contributed by atoms with E-state index >= 15 is 0 Å². The SMILES string of the molecule is CCC(C(=O)O)N(C)CCOc1cc(C)cc(C)c1. The van der Waals surface area contributed by atoms with Gasteiger partial charge in [-0.2, -0.15) is 0 Å². The third kappa shape index (κ3) is 4.91. The van der Waals surface area contributed by atoms with Gasteiger partial charge in [-0.15, -0.1) is 0 Å². The fraction of sp³-hybridized carbons (Fsp3) is 0.533. The lowest BCUT2D eigenvalue weighted by molar-refractivity contribution is -0.143. The Labute approximate surface area is 115 Å². The number of aryl methyl sites for hydroxylation is 2. The number of carbonyl (C=O) groups is 1. The molecule has 0 saturated carbocycles. The molecule has 1 unspecified atom stereocenters. The van der Waals surface area contributed by atoms with Crippen LogP contribution in [0.2, 0.25) is 0 Å². The molecule has 0 aliphatic heterocycles. The topological polar surface area (TPSA) is 49.8 Å². The molecule has 106 valence electrons. The van der Waals surface area contributed by atoms with E-state index in [2.05, 4.69) is 6.07 Å². The number of hydrogen-bond acceptors (Lipinski definition) is 3. The van der Waals surface area contributed by atoms with Gasteiger partial charge < -0.3 is 9.84 Å². The van der Waals surface area contributed by atoms with E-state index in [9.17, 15) is 4.79 Å². The summed E-state index contributed by atoms with van der Waals surface area (Å²) >= 11 is 0. The highest BCUT2D eigenvalue weighted by Gasteiger charge is 2.19. The van der Waals surface area contributed by atoms with Gasteiger partial charge in [0.25, 0.3) is 0 Å². The van der Waals surface area contributed by atoms with Crippen LogP contribution < -0.4 is 4.74 Å². The lowest BCUT2D eigenvalue weighted by Crippen LogP contribution is -2.40. The highest BCUT2D eigenvalue weighted by Crippen LogP contribution is 2.16. The number of nitrogens with zero attached hydrogens (tertiary/aromatic N) is 1. The van der Waals surface area contributed by atoms with Crippen LogP contribution >= 0.6 is 0 Å². The Balaban J connectivity index is 2.47. The van der Waals surface area contributed by atoms with Crippen LogP contribution in [0.3, 0.4) is 0 Å². The van der Waals surface area contributed by atoms with Gasteiger partial charge >= 0.3 is 5.97 Å². The maximum Gasteiger partial charge on any atom is 0.320 e. The van der Waals surface area contributed by atoms with Gasteiger partial charge in [-0.3, -0.25) is 9.69 Å². The summed E-state index contributed by atoms with van der Waals surface area (Å²) in [5.74, 6) is 0.0608. The van der Waals surface area contributed by atoms with Crippen LogP contribution in [0.15, 0.2) is 18.2 Å². The number of hydrogen-bond donors (Lipinski definition) is 1. The van der Waals surface area contributed by atoms with Crippen LogP contribution in [-0.4, -0.2) is 42.2 Å². The lowest BCUT2D eigenvalue weighted by Gasteiger charge is -2.23. The maximum atomic E-state index is 11.0. The standard InChI is InChI=1S/C15H23NO3/c1-5-14(15(17)18)16(4)6-7-19-13-9-11(2)8-12(3)10-13/h8-10,14H,5-7H2,1-4H3,(H,17,18). The summed E-state index contributed by atoms with van der Waals surface area (Å²) in [5, 5.41) is 9.05. The Bertz CT molecular complexity index is 411. The summed E-state index contributed by atoms with van der Waals surface area (Å²) in [4.78, 5) is 12.8. The number of likely N-dealkylation sites (N-methyl/N-ethyl adjacent to an activating group) is 1. The number of aliphatic carboxylic acids is 1. The number of rotatable bonds is 7. The highest BCUT2D eigenvalue weighted by atomic mass is 16.5. The van der Waals surface area contributed by atoms with E-state index in [4.69, 9.17) is 9.84 Å². The quantitative estimate of drug-likeness (QED) is 0.823. The van der Waals surface area contributed by atoms with Gasteiger partial charge in [0.15, 0.2) is 0 Å². The van der Waals surface area contributed by atoms with Crippen molar-refractivity contribution < 1.29 is 14.6 Å². The van der Waals surface area contributed by atoms with Crippen LogP contribution in [0.1, 0.15) is 24.5 Å². The van der Waals surface area contributed by atoms with E-state index in [1.54, 1.807) is 0 Å². The number of carboxylic acids is 1. The van der Waals surface area contributed by atoms with Crippen LogP contribution in [0.5, 0.6) is 5.75 Å². The zero-order valence-electron chi connectivity index (χ0n) is 12.1. The molecule has 0 aliphatic rings. The monoisotopic (exact) mass is 265 g/mol. The van der Waals surface area contributed by atoms with Gasteiger partial charge in [-0.05, 0) is 50.6 Å². The van der Waals surface area contributed by atoms with Gasteiger partial charge in [-0.25, -0.2) is 0 Å². The minimum absolute atomic E-state index is 0.442. The first-order valence-corrected chi connectivity index (χ1v) is 6.58. The molecular weight excluding hydrogens is 242 g/mol. The maximum absolute atomic E-state index is 11.0. The van der Waals surface area contributed by atoms with Crippen molar-refractivity contribution in [1.29, 1.82) is 0 Å². The summed E-state index contributed by atoms with van der Waals surface area (Å²) in [7, 11) is 1.81. The largest absolute Gasteiger partial charge is 0.492 e. The second-order valence-electron chi connectivity index (χ2n) is 4.91. The van der Waals surface area contributed by atoms with E-state index < -0.39 is 12.0 Å². The Morgan fingerprint density at radius 1 is 1.32 bits per heavy atom. The smallest absolute Gasteiger partial charge is 0.320 e. The van der Waals surface area contributed by atoms with E-state index in [1.165, 1.54) is 11.1 Å². The first-order valence-electron chi connectivity index (χ1n) is 6.58. The van der Waals surface area contributed by atoms with Gasteiger partial charge in [0.05, 0.1) is 0 Å². The molecule has 1 rings (SSSR count). The van der Waals surface area contributed by atoms with Crippen LogP contribution in [0.25, 0.3) is 0 Å². The minimum Gasteiger partial charge on any atom is -0.492 e. The predicted octanol–water partition coefficient (Wildman–Crippen LogP) is 2.48. The molecule has 1 N–H and O–H groups in total. The van der Waals surface area contributed by atoms with Crippen molar-refractivity contribution in [3.8, 4) is 5.75 Å². The molecule has 0 radical (unpaired) electrons. The molecule has 19 heavy (non-hydrogen) atoms. The van der Waals surface area contributed by atoms with Gasteiger partial charge in [-0.1, -0.05) is 13.0 Å². The zero-order valence-corrected chi connectivity index (χ0v) is 12.1.